The van der Waals surface area contributed by atoms with Crippen molar-refractivity contribution in [3.63, 3.8) is 0 Å². The van der Waals surface area contributed by atoms with Crippen molar-refractivity contribution in [2.45, 2.75) is 18.6 Å². The molecule has 0 fully saturated rings. The van der Waals surface area contributed by atoms with Gasteiger partial charge in [-0.05, 0) is 18.6 Å². The molecule has 1 heterocycles. The molecule has 2 unspecified atom stereocenters. The molecule has 3 N–H and O–H groups in total. The van der Waals surface area contributed by atoms with Crippen LogP contribution in [-0.2, 0) is 10.8 Å². The van der Waals surface area contributed by atoms with Gasteiger partial charge in [0.05, 0.1) is 5.69 Å². The summed E-state index contributed by atoms with van der Waals surface area (Å²) in [7, 11) is -0.788. The van der Waals surface area contributed by atoms with Crippen molar-refractivity contribution in [2.75, 3.05) is 18.1 Å². The summed E-state index contributed by atoms with van der Waals surface area (Å²) in [6.45, 7) is 2.69. The van der Waals surface area contributed by atoms with Gasteiger partial charge in [-0.15, -0.1) is 0 Å². The molecular formula is C11H17N3OS2. The number of aromatic nitrogens is 1. The van der Waals surface area contributed by atoms with Gasteiger partial charge < -0.3 is 11.1 Å². The predicted octanol–water partition coefficient (Wildman–Crippen LogP) is 1.28. The fraction of sp³-hybridized carbons (Fsp3) is 0.455. The molecule has 0 saturated heterocycles. The zero-order chi connectivity index (χ0) is 12.8. The lowest BCUT2D eigenvalue weighted by atomic mass is 10.2. The van der Waals surface area contributed by atoms with Crippen LogP contribution in [0.4, 0.5) is 5.69 Å². The third-order valence-corrected chi connectivity index (χ3v) is 4.04. The maximum absolute atomic E-state index is 11.2. The quantitative estimate of drug-likeness (QED) is 0.763. The van der Waals surface area contributed by atoms with Crippen LogP contribution in [0.15, 0.2) is 18.3 Å². The zero-order valence-corrected chi connectivity index (χ0v) is 11.6. The second-order valence-electron chi connectivity index (χ2n) is 3.79. The molecule has 1 aromatic heterocycles. The van der Waals surface area contributed by atoms with Crippen LogP contribution in [0.2, 0.25) is 0 Å². The molecular weight excluding hydrogens is 254 g/mol. The van der Waals surface area contributed by atoms with Crippen molar-refractivity contribution in [1.29, 1.82) is 0 Å². The number of nitrogens with zero attached hydrogens (tertiary/aromatic N) is 1. The minimum absolute atomic E-state index is 0.174. The number of nitrogens with two attached hydrogens (primary N) is 1. The van der Waals surface area contributed by atoms with E-state index in [0.29, 0.717) is 5.69 Å². The normalized spacial score (nSPS) is 14.0. The Morgan fingerprint density at radius 3 is 3.00 bits per heavy atom. The lowest BCUT2D eigenvalue weighted by molar-refractivity contribution is 0.672. The molecule has 2 atom stereocenters. The molecule has 0 aliphatic rings. The van der Waals surface area contributed by atoms with Gasteiger partial charge >= 0.3 is 0 Å². The van der Waals surface area contributed by atoms with Crippen LogP contribution in [0, 0.1) is 0 Å². The van der Waals surface area contributed by atoms with Crippen LogP contribution >= 0.6 is 12.2 Å². The summed E-state index contributed by atoms with van der Waals surface area (Å²) in [5.41, 5.74) is 7.01. The van der Waals surface area contributed by atoms with E-state index in [1.54, 1.807) is 12.5 Å². The molecule has 0 aliphatic carbocycles. The van der Waals surface area contributed by atoms with Gasteiger partial charge in [0.25, 0.3) is 0 Å². The van der Waals surface area contributed by atoms with Crippen molar-refractivity contribution in [1.82, 2.24) is 4.98 Å². The predicted molar refractivity (Wildman–Crippen MR) is 76.8 cm³/mol. The molecule has 1 rings (SSSR count). The molecule has 4 nitrogen and oxygen atoms in total. The van der Waals surface area contributed by atoms with E-state index in [2.05, 4.69) is 10.3 Å². The number of hydrogen-bond donors (Lipinski definition) is 2. The molecule has 0 spiro atoms. The van der Waals surface area contributed by atoms with Gasteiger partial charge in [-0.2, -0.15) is 0 Å². The topological polar surface area (TPSA) is 68.0 Å². The summed E-state index contributed by atoms with van der Waals surface area (Å²) in [5, 5.41) is 3.39. The molecule has 0 bridgehead atoms. The highest BCUT2D eigenvalue weighted by molar-refractivity contribution is 7.84. The van der Waals surface area contributed by atoms with Crippen LogP contribution in [0.1, 0.15) is 19.0 Å². The van der Waals surface area contributed by atoms with Crippen LogP contribution in [0.25, 0.3) is 0 Å². The number of anilines is 1. The Labute approximate surface area is 109 Å². The van der Waals surface area contributed by atoms with Crippen LogP contribution < -0.4 is 11.1 Å². The minimum Gasteiger partial charge on any atom is -0.388 e. The highest BCUT2D eigenvalue weighted by Gasteiger charge is 2.08. The van der Waals surface area contributed by atoms with Crippen molar-refractivity contribution >= 4 is 33.7 Å². The van der Waals surface area contributed by atoms with Gasteiger partial charge in [0, 0.05) is 35.0 Å². The van der Waals surface area contributed by atoms with Crippen molar-refractivity contribution < 1.29 is 4.21 Å². The average Bonchev–Trinajstić information content (AvgIpc) is 2.29. The summed E-state index contributed by atoms with van der Waals surface area (Å²) in [6.07, 6.45) is 4.20. The molecule has 94 valence electrons. The highest BCUT2D eigenvalue weighted by Crippen LogP contribution is 2.12. The van der Waals surface area contributed by atoms with E-state index >= 15 is 0 Å². The van der Waals surface area contributed by atoms with E-state index < -0.39 is 10.8 Å². The minimum atomic E-state index is -0.788. The molecule has 17 heavy (non-hydrogen) atoms. The first-order chi connectivity index (χ1) is 8.02. The van der Waals surface area contributed by atoms with E-state index in [4.69, 9.17) is 18.0 Å². The van der Waals surface area contributed by atoms with Crippen LogP contribution in [0.3, 0.4) is 0 Å². The fourth-order valence-electron chi connectivity index (χ4n) is 1.32. The Morgan fingerprint density at radius 1 is 1.71 bits per heavy atom. The van der Waals surface area contributed by atoms with E-state index in [1.165, 1.54) is 0 Å². The maximum atomic E-state index is 11.2. The lowest BCUT2D eigenvalue weighted by Crippen LogP contribution is -2.18. The molecule has 0 amide bonds. The molecule has 0 aromatic carbocycles. The van der Waals surface area contributed by atoms with Crippen molar-refractivity contribution in [2.24, 2.45) is 5.73 Å². The van der Waals surface area contributed by atoms with E-state index in [9.17, 15) is 4.21 Å². The largest absolute Gasteiger partial charge is 0.388 e. The number of hydrogen-bond acceptors (Lipinski definition) is 4. The van der Waals surface area contributed by atoms with E-state index in [-0.39, 0.29) is 10.2 Å². The fourth-order valence-corrected chi connectivity index (χ4v) is 1.93. The first-order valence-electron chi connectivity index (χ1n) is 5.33. The Morgan fingerprint density at radius 2 is 2.41 bits per heavy atom. The molecule has 6 heteroatoms. The Hall–Kier alpha value is -1.01. The number of thiocarbonyl (C=S) groups is 1. The van der Waals surface area contributed by atoms with Crippen LogP contribution in [0.5, 0.6) is 0 Å². The molecule has 0 aliphatic heterocycles. The second-order valence-corrected chi connectivity index (χ2v) is 6.03. The third-order valence-electron chi connectivity index (χ3n) is 2.47. The molecule has 0 radical (unpaired) electrons. The molecule has 1 aromatic rings. The van der Waals surface area contributed by atoms with Crippen molar-refractivity contribution in [3.05, 3.63) is 24.0 Å². The summed E-state index contributed by atoms with van der Waals surface area (Å²) in [4.78, 5) is 4.40. The third kappa shape index (κ3) is 4.40. The average molecular weight is 271 g/mol. The SMILES string of the molecule is CC(CCNc1cccnc1C(N)=S)S(C)=O. The maximum Gasteiger partial charge on any atom is 0.124 e. The van der Waals surface area contributed by atoms with Gasteiger partial charge in [0.2, 0.25) is 0 Å². The zero-order valence-electron chi connectivity index (χ0n) is 9.97. The van der Waals surface area contributed by atoms with E-state index in [1.807, 2.05) is 19.1 Å². The second kappa shape index (κ2) is 6.66. The van der Waals surface area contributed by atoms with Crippen molar-refractivity contribution in [3.8, 4) is 0 Å². The highest BCUT2D eigenvalue weighted by atomic mass is 32.2. The number of nitrogens with one attached hydrogen (secondary N) is 1. The summed E-state index contributed by atoms with van der Waals surface area (Å²) in [6, 6.07) is 3.71. The summed E-state index contributed by atoms with van der Waals surface area (Å²) < 4.78 is 11.2. The number of pyridine rings is 1. The molecule has 0 saturated carbocycles. The smallest absolute Gasteiger partial charge is 0.124 e. The standard InChI is InChI=1S/C11H17N3OS2/c1-8(17(2)15)5-7-13-9-4-3-6-14-10(9)11(12)16/h3-4,6,8,13H,5,7H2,1-2H3,(H2,12,16). The summed E-state index contributed by atoms with van der Waals surface area (Å²) >= 11 is 4.92. The Kier molecular flexibility index (Phi) is 5.50. The Bertz CT molecular complexity index is 423. The van der Waals surface area contributed by atoms with Gasteiger partial charge in [0.15, 0.2) is 0 Å². The van der Waals surface area contributed by atoms with Gasteiger partial charge in [-0.25, -0.2) is 0 Å². The van der Waals surface area contributed by atoms with Gasteiger partial charge in [-0.3, -0.25) is 9.19 Å². The van der Waals surface area contributed by atoms with E-state index in [0.717, 1.165) is 18.7 Å². The number of rotatable bonds is 6. The van der Waals surface area contributed by atoms with Crippen LogP contribution in [-0.4, -0.2) is 32.2 Å². The lowest BCUT2D eigenvalue weighted by Gasteiger charge is -2.12. The Balaban J connectivity index is 2.58. The first kappa shape index (κ1) is 14.1. The summed E-state index contributed by atoms with van der Waals surface area (Å²) in [5.74, 6) is 0. The monoisotopic (exact) mass is 271 g/mol. The first-order valence-corrected chi connectivity index (χ1v) is 7.36. The van der Waals surface area contributed by atoms with Gasteiger partial charge in [0.1, 0.15) is 10.7 Å². The van der Waals surface area contributed by atoms with Gasteiger partial charge in [-0.1, -0.05) is 19.1 Å².